The minimum Gasteiger partial charge on any atom is -0.459 e. The van der Waals surface area contributed by atoms with E-state index in [-0.39, 0.29) is 17.1 Å². The first kappa shape index (κ1) is 19.8. The topological polar surface area (TPSA) is 64.4 Å². The molecule has 3 aromatic rings. The van der Waals surface area contributed by atoms with E-state index < -0.39 is 0 Å². The minimum absolute atomic E-state index is 0.150. The van der Waals surface area contributed by atoms with Gasteiger partial charge in [-0.3, -0.25) is 4.79 Å². The number of halogens is 1. The quantitative estimate of drug-likeness (QED) is 0.661. The van der Waals surface area contributed by atoms with Crippen LogP contribution in [0.15, 0.2) is 40.8 Å². The molecular formula is C22H23FN2O3S. The molecule has 3 heterocycles. The number of ether oxygens (including phenoxy) is 1. The van der Waals surface area contributed by atoms with Crippen LogP contribution in [0.25, 0.3) is 10.8 Å². The summed E-state index contributed by atoms with van der Waals surface area (Å²) in [5.74, 6) is 1.06. The van der Waals surface area contributed by atoms with Crippen molar-refractivity contribution in [1.82, 2.24) is 10.3 Å². The zero-order chi connectivity index (χ0) is 20.4. The third kappa shape index (κ3) is 4.11. The van der Waals surface area contributed by atoms with Gasteiger partial charge in [-0.05, 0) is 56.5 Å². The maximum absolute atomic E-state index is 13.4. The molecule has 29 heavy (non-hydrogen) atoms. The monoisotopic (exact) mass is 414 g/mol. The number of carbonyl (C=O) groups excluding carboxylic acids is 1. The molecular weight excluding hydrogens is 391 g/mol. The van der Waals surface area contributed by atoms with E-state index in [2.05, 4.69) is 10.3 Å². The number of benzene rings is 1. The SMILES string of the molecule is Cc1ccc(-c2nc(C)c(C(=O)NCC3(c4ccc(F)cc4)CCOCC3)s2)o1. The van der Waals surface area contributed by atoms with Crippen molar-refractivity contribution < 1.29 is 18.3 Å². The highest BCUT2D eigenvalue weighted by atomic mass is 32.1. The van der Waals surface area contributed by atoms with Crippen molar-refractivity contribution in [1.29, 1.82) is 0 Å². The Kier molecular flexibility index (Phi) is 5.52. The number of thiazole rings is 1. The highest BCUT2D eigenvalue weighted by Gasteiger charge is 2.35. The van der Waals surface area contributed by atoms with Crippen molar-refractivity contribution in [3.8, 4) is 10.8 Å². The molecule has 0 bridgehead atoms. The lowest BCUT2D eigenvalue weighted by Gasteiger charge is -2.38. The molecule has 1 fully saturated rings. The molecule has 0 atom stereocenters. The Morgan fingerprint density at radius 2 is 1.90 bits per heavy atom. The van der Waals surface area contributed by atoms with E-state index in [1.807, 2.05) is 38.1 Å². The van der Waals surface area contributed by atoms with Crippen LogP contribution in [-0.2, 0) is 10.2 Å². The van der Waals surface area contributed by atoms with Crippen LogP contribution in [0.4, 0.5) is 4.39 Å². The van der Waals surface area contributed by atoms with E-state index in [4.69, 9.17) is 9.15 Å². The fourth-order valence-electron chi connectivity index (χ4n) is 3.72. The Bertz CT molecular complexity index is 1000. The van der Waals surface area contributed by atoms with E-state index in [0.29, 0.717) is 41.1 Å². The van der Waals surface area contributed by atoms with E-state index in [1.54, 1.807) is 0 Å². The highest BCUT2D eigenvalue weighted by molar-refractivity contribution is 7.17. The van der Waals surface area contributed by atoms with Crippen molar-refractivity contribution in [3.63, 3.8) is 0 Å². The number of nitrogens with one attached hydrogen (secondary N) is 1. The number of carbonyl (C=O) groups is 1. The van der Waals surface area contributed by atoms with Gasteiger partial charge in [0.05, 0.1) is 5.69 Å². The molecule has 1 amide bonds. The second kappa shape index (κ2) is 8.08. The summed E-state index contributed by atoms with van der Waals surface area (Å²) in [5, 5.41) is 3.78. The van der Waals surface area contributed by atoms with Gasteiger partial charge in [0, 0.05) is 25.2 Å². The van der Waals surface area contributed by atoms with Crippen molar-refractivity contribution in [2.45, 2.75) is 32.1 Å². The van der Waals surface area contributed by atoms with Gasteiger partial charge in [0.15, 0.2) is 10.8 Å². The zero-order valence-corrected chi connectivity index (χ0v) is 17.3. The maximum Gasteiger partial charge on any atom is 0.263 e. The standard InChI is InChI=1S/C22H23FN2O3S/c1-14-3-8-18(28-14)21-25-15(2)19(29-21)20(26)24-13-22(9-11-27-12-10-22)16-4-6-17(23)7-5-16/h3-8H,9-13H2,1-2H3,(H,24,26). The van der Waals surface area contributed by atoms with Crippen LogP contribution < -0.4 is 5.32 Å². The summed E-state index contributed by atoms with van der Waals surface area (Å²) in [4.78, 5) is 18.0. The molecule has 5 nitrogen and oxygen atoms in total. The average Bonchev–Trinajstić information content (AvgIpc) is 3.33. The van der Waals surface area contributed by atoms with Crippen LogP contribution in [0, 0.1) is 19.7 Å². The minimum atomic E-state index is -0.263. The molecule has 4 rings (SSSR count). The Labute approximate surface area is 172 Å². The normalized spacial score (nSPS) is 16.0. The summed E-state index contributed by atoms with van der Waals surface area (Å²) in [6, 6.07) is 10.3. The Balaban J connectivity index is 1.53. The molecule has 7 heteroatoms. The molecule has 0 unspecified atom stereocenters. The molecule has 0 radical (unpaired) electrons. The van der Waals surface area contributed by atoms with E-state index in [9.17, 15) is 9.18 Å². The maximum atomic E-state index is 13.4. The lowest BCUT2D eigenvalue weighted by Crippen LogP contribution is -2.44. The second-order valence-corrected chi connectivity index (χ2v) is 8.43. The Morgan fingerprint density at radius 3 is 2.55 bits per heavy atom. The lowest BCUT2D eigenvalue weighted by atomic mass is 9.74. The summed E-state index contributed by atoms with van der Waals surface area (Å²) in [6.45, 7) is 5.41. The first-order chi connectivity index (χ1) is 14.0. The number of nitrogens with zero attached hydrogens (tertiary/aromatic N) is 1. The molecule has 1 aliphatic rings. The summed E-state index contributed by atoms with van der Waals surface area (Å²) in [5.41, 5.74) is 1.44. The van der Waals surface area contributed by atoms with Gasteiger partial charge in [0.2, 0.25) is 0 Å². The smallest absolute Gasteiger partial charge is 0.263 e. The molecule has 1 saturated heterocycles. The molecule has 0 aliphatic carbocycles. The number of aryl methyl sites for hydroxylation is 2. The van der Waals surface area contributed by atoms with Gasteiger partial charge in [0.1, 0.15) is 16.5 Å². The fraction of sp³-hybridized carbons (Fsp3) is 0.364. The number of amides is 1. The molecule has 152 valence electrons. The summed E-state index contributed by atoms with van der Waals surface area (Å²) in [6.07, 6.45) is 1.55. The van der Waals surface area contributed by atoms with Crippen LogP contribution in [0.1, 0.15) is 39.5 Å². The molecule has 0 spiro atoms. The molecule has 2 aromatic heterocycles. The number of aromatic nitrogens is 1. The Morgan fingerprint density at radius 1 is 1.17 bits per heavy atom. The fourth-order valence-corrected chi connectivity index (χ4v) is 4.67. The van der Waals surface area contributed by atoms with Crippen molar-refractivity contribution in [2.75, 3.05) is 19.8 Å². The van der Waals surface area contributed by atoms with Crippen molar-refractivity contribution in [3.05, 3.63) is 64.1 Å². The summed E-state index contributed by atoms with van der Waals surface area (Å²) in [7, 11) is 0. The largest absolute Gasteiger partial charge is 0.459 e. The second-order valence-electron chi connectivity index (χ2n) is 7.43. The van der Waals surface area contributed by atoms with Gasteiger partial charge in [-0.15, -0.1) is 11.3 Å². The van der Waals surface area contributed by atoms with Gasteiger partial charge in [-0.1, -0.05) is 12.1 Å². The number of hydrogen-bond acceptors (Lipinski definition) is 5. The average molecular weight is 415 g/mol. The molecule has 1 aliphatic heterocycles. The third-order valence-corrected chi connectivity index (χ3v) is 6.62. The van der Waals surface area contributed by atoms with Crippen LogP contribution in [-0.4, -0.2) is 30.6 Å². The van der Waals surface area contributed by atoms with Crippen LogP contribution in [0.5, 0.6) is 0 Å². The number of rotatable bonds is 5. The molecule has 1 N–H and O–H groups in total. The lowest BCUT2D eigenvalue weighted by molar-refractivity contribution is 0.0487. The van der Waals surface area contributed by atoms with Gasteiger partial charge < -0.3 is 14.5 Å². The number of furan rings is 1. The van der Waals surface area contributed by atoms with Gasteiger partial charge in [-0.25, -0.2) is 9.37 Å². The van der Waals surface area contributed by atoms with Gasteiger partial charge in [0.25, 0.3) is 5.91 Å². The highest BCUT2D eigenvalue weighted by Crippen LogP contribution is 2.35. The predicted molar refractivity (Wildman–Crippen MR) is 110 cm³/mol. The van der Waals surface area contributed by atoms with Crippen LogP contribution in [0.3, 0.4) is 0 Å². The van der Waals surface area contributed by atoms with Crippen molar-refractivity contribution >= 4 is 17.2 Å². The predicted octanol–water partition coefficient (Wildman–Crippen LogP) is 4.64. The van der Waals surface area contributed by atoms with Crippen LogP contribution in [0.2, 0.25) is 0 Å². The molecule has 1 aromatic carbocycles. The van der Waals surface area contributed by atoms with E-state index in [1.165, 1.54) is 23.5 Å². The van der Waals surface area contributed by atoms with E-state index in [0.717, 1.165) is 24.2 Å². The van der Waals surface area contributed by atoms with E-state index >= 15 is 0 Å². The first-order valence-corrected chi connectivity index (χ1v) is 10.4. The molecule has 0 saturated carbocycles. The first-order valence-electron chi connectivity index (χ1n) is 9.63. The van der Waals surface area contributed by atoms with Gasteiger partial charge >= 0.3 is 0 Å². The van der Waals surface area contributed by atoms with Gasteiger partial charge in [-0.2, -0.15) is 0 Å². The summed E-state index contributed by atoms with van der Waals surface area (Å²) >= 11 is 1.33. The Hall–Kier alpha value is -2.51. The third-order valence-electron chi connectivity index (χ3n) is 5.45. The number of hydrogen-bond donors (Lipinski definition) is 1. The zero-order valence-electron chi connectivity index (χ0n) is 16.5. The van der Waals surface area contributed by atoms with Crippen molar-refractivity contribution in [2.24, 2.45) is 0 Å². The summed E-state index contributed by atoms with van der Waals surface area (Å²) < 4.78 is 24.6. The van der Waals surface area contributed by atoms with Crippen LogP contribution >= 0.6 is 11.3 Å².